The van der Waals surface area contributed by atoms with Crippen LogP contribution in [0.15, 0.2) is 0 Å². The van der Waals surface area contributed by atoms with Crippen LogP contribution in [0, 0.1) is 19.8 Å². The van der Waals surface area contributed by atoms with E-state index in [1.807, 2.05) is 20.9 Å². The van der Waals surface area contributed by atoms with Gasteiger partial charge in [0.05, 0.1) is 5.69 Å². The second-order valence-corrected chi connectivity index (χ2v) is 5.56. The average molecular weight is 280 g/mol. The molecule has 0 saturated carbocycles. The summed E-state index contributed by atoms with van der Waals surface area (Å²) in [4.78, 5) is 12.0. The van der Waals surface area contributed by atoms with E-state index in [4.69, 9.17) is 4.74 Å². The van der Waals surface area contributed by atoms with Gasteiger partial charge in [0.1, 0.15) is 5.69 Å². The molecule has 0 aliphatic carbocycles. The van der Waals surface area contributed by atoms with E-state index in [1.165, 1.54) is 0 Å². The summed E-state index contributed by atoms with van der Waals surface area (Å²) in [5.41, 5.74) is 1.75. The van der Waals surface area contributed by atoms with Crippen molar-refractivity contribution in [3.05, 3.63) is 11.4 Å². The molecule has 112 valence electrons. The number of rotatable bonds is 4. The Labute approximate surface area is 119 Å². The first-order valence-corrected chi connectivity index (χ1v) is 7.12. The number of amides is 1. The van der Waals surface area contributed by atoms with Crippen molar-refractivity contribution in [3.8, 4) is 5.75 Å². The molecule has 0 aromatic carbocycles. The summed E-state index contributed by atoms with van der Waals surface area (Å²) >= 11 is 0. The van der Waals surface area contributed by atoms with Gasteiger partial charge in [0.25, 0.3) is 5.91 Å². The van der Waals surface area contributed by atoms with Gasteiger partial charge in [-0.3, -0.25) is 9.48 Å². The van der Waals surface area contributed by atoms with E-state index in [-0.39, 0.29) is 18.6 Å². The summed E-state index contributed by atoms with van der Waals surface area (Å²) in [6.07, 6.45) is 0.970. The third-order valence-corrected chi connectivity index (χ3v) is 3.92. The first-order valence-electron chi connectivity index (χ1n) is 7.12. The quantitative estimate of drug-likeness (QED) is 0.844. The van der Waals surface area contributed by atoms with Crippen LogP contribution >= 0.6 is 0 Å². The molecule has 0 bridgehead atoms. The van der Waals surface area contributed by atoms with Crippen molar-refractivity contribution >= 4 is 5.91 Å². The van der Waals surface area contributed by atoms with Crippen LogP contribution in [0.1, 0.15) is 24.7 Å². The molecule has 2 atom stereocenters. The zero-order chi connectivity index (χ0) is 14.7. The highest BCUT2D eigenvalue weighted by Gasteiger charge is 2.23. The van der Waals surface area contributed by atoms with Crippen molar-refractivity contribution < 1.29 is 9.53 Å². The fraction of sp³-hybridized carbons (Fsp3) is 0.714. The number of ether oxygens (including phenoxy) is 1. The van der Waals surface area contributed by atoms with Crippen LogP contribution in [0.3, 0.4) is 0 Å². The molecule has 1 aromatic rings. The third-order valence-electron chi connectivity index (χ3n) is 3.92. The predicted octanol–water partition coefficient (Wildman–Crippen LogP) is 0.530. The fourth-order valence-electron chi connectivity index (χ4n) is 2.58. The van der Waals surface area contributed by atoms with Gasteiger partial charge in [0.2, 0.25) is 0 Å². The molecule has 1 saturated heterocycles. The monoisotopic (exact) mass is 280 g/mol. The van der Waals surface area contributed by atoms with Crippen molar-refractivity contribution in [3.63, 3.8) is 0 Å². The fourth-order valence-corrected chi connectivity index (χ4v) is 2.58. The molecule has 1 aromatic heterocycles. The average Bonchev–Trinajstić information content (AvgIpc) is 2.64. The Bertz CT molecular complexity index is 484. The van der Waals surface area contributed by atoms with Crippen molar-refractivity contribution in [1.29, 1.82) is 0 Å². The van der Waals surface area contributed by atoms with Crippen LogP contribution in [-0.2, 0) is 11.8 Å². The standard InChI is InChI=1S/C14H24N4O2/c1-9-7-15-6-5-12(9)16-13(19)8-20-14-10(2)17-18(4)11(14)3/h9,12,15H,5-8H2,1-4H3,(H,16,19). The molecule has 1 fully saturated rings. The lowest BCUT2D eigenvalue weighted by molar-refractivity contribution is -0.124. The van der Waals surface area contributed by atoms with E-state index in [0.717, 1.165) is 30.9 Å². The molecular weight excluding hydrogens is 256 g/mol. The zero-order valence-corrected chi connectivity index (χ0v) is 12.7. The minimum Gasteiger partial charge on any atom is -0.480 e. The van der Waals surface area contributed by atoms with E-state index >= 15 is 0 Å². The van der Waals surface area contributed by atoms with Gasteiger partial charge in [-0.25, -0.2) is 0 Å². The Morgan fingerprint density at radius 3 is 2.90 bits per heavy atom. The first kappa shape index (κ1) is 14.8. The molecular formula is C14H24N4O2. The Morgan fingerprint density at radius 2 is 2.30 bits per heavy atom. The normalized spacial score (nSPS) is 22.6. The molecule has 20 heavy (non-hydrogen) atoms. The van der Waals surface area contributed by atoms with Gasteiger partial charge < -0.3 is 15.4 Å². The van der Waals surface area contributed by atoms with E-state index in [1.54, 1.807) is 4.68 Å². The van der Waals surface area contributed by atoms with Gasteiger partial charge in [-0.15, -0.1) is 0 Å². The maximum atomic E-state index is 12.0. The summed E-state index contributed by atoms with van der Waals surface area (Å²) < 4.78 is 7.38. The lowest BCUT2D eigenvalue weighted by atomic mass is 9.95. The van der Waals surface area contributed by atoms with Gasteiger partial charge in [-0.05, 0) is 39.3 Å². The van der Waals surface area contributed by atoms with Crippen molar-refractivity contribution in [2.24, 2.45) is 13.0 Å². The van der Waals surface area contributed by atoms with E-state index in [0.29, 0.717) is 11.7 Å². The topological polar surface area (TPSA) is 68.2 Å². The number of piperidine rings is 1. The Hall–Kier alpha value is -1.56. The lowest BCUT2D eigenvalue weighted by Gasteiger charge is -2.30. The van der Waals surface area contributed by atoms with E-state index < -0.39 is 0 Å². The molecule has 2 unspecified atom stereocenters. The molecule has 2 heterocycles. The van der Waals surface area contributed by atoms with Gasteiger partial charge >= 0.3 is 0 Å². The predicted molar refractivity (Wildman–Crippen MR) is 76.8 cm³/mol. The number of hydrogen-bond acceptors (Lipinski definition) is 4. The molecule has 1 aliphatic heterocycles. The molecule has 0 radical (unpaired) electrons. The van der Waals surface area contributed by atoms with Crippen LogP contribution in [0.2, 0.25) is 0 Å². The Kier molecular flexibility index (Phi) is 4.65. The number of nitrogens with one attached hydrogen (secondary N) is 2. The summed E-state index contributed by atoms with van der Waals surface area (Å²) in [6.45, 7) is 7.91. The van der Waals surface area contributed by atoms with Crippen LogP contribution in [0.5, 0.6) is 5.75 Å². The highest BCUT2D eigenvalue weighted by Crippen LogP contribution is 2.21. The van der Waals surface area contributed by atoms with Crippen molar-refractivity contribution in [2.75, 3.05) is 19.7 Å². The zero-order valence-electron chi connectivity index (χ0n) is 12.7. The maximum absolute atomic E-state index is 12.0. The highest BCUT2D eigenvalue weighted by molar-refractivity contribution is 5.78. The van der Waals surface area contributed by atoms with Crippen LogP contribution in [0.4, 0.5) is 0 Å². The molecule has 1 amide bonds. The SMILES string of the molecule is Cc1nn(C)c(C)c1OCC(=O)NC1CCNCC1C. The van der Waals surface area contributed by atoms with E-state index in [9.17, 15) is 4.79 Å². The minimum absolute atomic E-state index is 0.0457. The van der Waals surface area contributed by atoms with Crippen molar-refractivity contribution in [2.45, 2.75) is 33.2 Å². The van der Waals surface area contributed by atoms with Gasteiger partial charge in [-0.2, -0.15) is 5.10 Å². The Morgan fingerprint density at radius 1 is 1.55 bits per heavy atom. The third kappa shape index (κ3) is 3.30. The number of carbonyl (C=O) groups is 1. The number of hydrogen-bond donors (Lipinski definition) is 2. The molecule has 0 spiro atoms. The second kappa shape index (κ2) is 6.26. The lowest BCUT2D eigenvalue weighted by Crippen LogP contribution is -2.49. The smallest absolute Gasteiger partial charge is 0.258 e. The van der Waals surface area contributed by atoms with Crippen LogP contribution in [-0.4, -0.2) is 41.4 Å². The van der Waals surface area contributed by atoms with Gasteiger partial charge in [0, 0.05) is 13.1 Å². The maximum Gasteiger partial charge on any atom is 0.258 e. The molecule has 2 N–H and O–H groups in total. The summed E-state index contributed by atoms with van der Waals surface area (Å²) in [5, 5.41) is 10.6. The van der Waals surface area contributed by atoms with E-state index in [2.05, 4.69) is 22.7 Å². The second-order valence-electron chi connectivity index (χ2n) is 5.56. The number of carbonyl (C=O) groups excluding carboxylic acids is 1. The van der Waals surface area contributed by atoms with Gasteiger partial charge in [0.15, 0.2) is 12.4 Å². The number of nitrogens with zero attached hydrogens (tertiary/aromatic N) is 2. The Balaban J connectivity index is 1.86. The largest absolute Gasteiger partial charge is 0.480 e. The van der Waals surface area contributed by atoms with Crippen LogP contribution < -0.4 is 15.4 Å². The van der Waals surface area contributed by atoms with Crippen molar-refractivity contribution in [1.82, 2.24) is 20.4 Å². The van der Waals surface area contributed by atoms with Gasteiger partial charge in [-0.1, -0.05) is 6.92 Å². The first-order chi connectivity index (χ1) is 9.49. The molecule has 6 heteroatoms. The summed E-state index contributed by atoms with van der Waals surface area (Å²) in [6, 6.07) is 0.239. The highest BCUT2D eigenvalue weighted by atomic mass is 16.5. The van der Waals surface area contributed by atoms with Crippen LogP contribution in [0.25, 0.3) is 0 Å². The molecule has 6 nitrogen and oxygen atoms in total. The number of aryl methyl sites for hydroxylation is 2. The number of aromatic nitrogens is 2. The minimum atomic E-state index is -0.0635. The molecule has 1 aliphatic rings. The molecule has 2 rings (SSSR count). The summed E-state index contributed by atoms with van der Waals surface area (Å²) in [5.74, 6) is 1.10. The summed E-state index contributed by atoms with van der Waals surface area (Å²) in [7, 11) is 1.87.